The lowest BCUT2D eigenvalue weighted by molar-refractivity contribution is 0.0610. The van der Waals surface area contributed by atoms with Crippen LogP contribution in [0.1, 0.15) is 44.2 Å². The number of carbonyl (C=O) groups excluding carboxylic acids is 2. The Balaban J connectivity index is 1.54. The van der Waals surface area contributed by atoms with Crippen LogP contribution >= 0.6 is 34.5 Å². The highest BCUT2D eigenvalue weighted by molar-refractivity contribution is 7.09. The number of hydrogen-bond donors (Lipinski definition) is 0. The molecule has 10 heteroatoms. The summed E-state index contributed by atoms with van der Waals surface area (Å²) >= 11 is 13.4. The maximum absolute atomic E-state index is 12.9. The number of hydrogen-bond acceptors (Lipinski definition) is 5. The molecule has 3 aromatic rings. The van der Waals surface area contributed by atoms with Crippen molar-refractivity contribution in [3.63, 3.8) is 0 Å². The molecule has 34 heavy (non-hydrogen) atoms. The summed E-state index contributed by atoms with van der Waals surface area (Å²) in [5, 5.41) is 0.685. The topological polar surface area (TPSA) is 71.1 Å². The van der Waals surface area contributed by atoms with Crippen molar-refractivity contribution in [3.8, 4) is 0 Å². The highest BCUT2D eigenvalue weighted by Crippen LogP contribution is 2.23. The van der Waals surface area contributed by atoms with Crippen molar-refractivity contribution in [2.75, 3.05) is 32.7 Å². The second-order valence-corrected chi connectivity index (χ2v) is 10.1. The van der Waals surface area contributed by atoms with Gasteiger partial charge in [0.15, 0.2) is 10.6 Å². The molecule has 3 heterocycles. The third-order valence-electron chi connectivity index (χ3n) is 6.05. The third kappa shape index (κ3) is 5.30. The first kappa shape index (κ1) is 24.7. The average molecular weight is 521 g/mol. The molecule has 0 unspecified atom stereocenters. The van der Waals surface area contributed by atoms with Crippen molar-refractivity contribution < 1.29 is 14.0 Å². The van der Waals surface area contributed by atoms with E-state index in [-0.39, 0.29) is 5.91 Å². The zero-order valence-electron chi connectivity index (χ0n) is 19.3. The second-order valence-electron chi connectivity index (χ2n) is 8.15. The molecule has 1 aliphatic heterocycles. The summed E-state index contributed by atoms with van der Waals surface area (Å²) in [5.74, 6) is 0.454. The highest BCUT2D eigenvalue weighted by Gasteiger charge is 2.24. The summed E-state index contributed by atoms with van der Waals surface area (Å²) in [4.78, 5) is 35.7. The molecule has 0 saturated carbocycles. The molecule has 1 aromatic carbocycles. The van der Waals surface area contributed by atoms with Gasteiger partial charge in [-0.3, -0.25) is 9.59 Å². The van der Waals surface area contributed by atoms with Crippen LogP contribution in [0.15, 0.2) is 39.7 Å². The number of aryl methyl sites for hydroxylation is 1. The van der Waals surface area contributed by atoms with Crippen LogP contribution in [0.5, 0.6) is 0 Å². The fourth-order valence-electron chi connectivity index (χ4n) is 3.81. The van der Waals surface area contributed by atoms with Gasteiger partial charge in [-0.05, 0) is 50.7 Å². The molecule has 0 spiro atoms. The Morgan fingerprint density at radius 2 is 1.79 bits per heavy atom. The van der Waals surface area contributed by atoms with Crippen LogP contribution < -0.4 is 4.80 Å². The molecule has 1 aliphatic rings. The Labute approximate surface area is 212 Å². The van der Waals surface area contributed by atoms with E-state index < -0.39 is 5.91 Å². The van der Waals surface area contributed by atoms with Gasteiger partial charge >= 0.3 is 0 Å². The Kier molecular flexibility index (Phi) is 7.62. The number of nitrogens with zero attached hydrogens (tertiary/aromatic N) is 4. The van der Waals surface area contributed by atoms with Crippen LogP contribution in [0.4, 0.5) is 0 Å². The fraction of sp³-hybridized carbons (Fsp3) is 0.375. The number of thiazole rings is 1. The number of rotatable bonds is 5. The van der Waals surface area contributed by atoms with E-state index >= 15 is 0 Å². The molecule has 7 nitrogen and oxygen atoms in total. The molecule has 1 fully saturated rings. The number of furan rings is 1. The molecule has 0 bridgehead atoms. The van der Waals surface area contributed by atoms with Gasteiger partial charge in [0.2, 0.25) is 0 Å². The van der Waals surface area contributed by atoms with Crippen LogP contribution in [0, 0.1) is 13.8 Å². The lowest BCUT2D eigenvalue weighted by Gasteiger charge is -2.33. The maximum atomic E-state index is 12.9. The lowest BCUT2D eigenvalue weighted by Crippen LogP contribution is -2.48. The molecule has 0 radical (unpaired) electrons. The van der Waals surface area contributed by atoms with Crippen LogP contribution in [-0.4, -0.2) is 58.9 Å². The molecular formula is C24H26Cl2N4O3S. The normalized spacial score (nSPS) is 15.2. The number of halogens is 2. The van der Waals surface area contributed by atoms with Gasteiger partial charge in [0.1, 0.15) is 5.76 Å². The van der Waals surface area contributed by atoms with Crippen LogP contribution in [0.3, 0.4) is 0 Å². The number of benzene rings is 1. The van der Waals surface area contributed by atoms with Gasteiger partial charge in [0.05, 0.1) is 16.6 Å². The Bertz CT molecular complexity index is 1290. The Morgan fingerprint density at radius 1 is 1.06 bits per heavy atom. The van der Waals surface area contributed by atoms with E-state index in [1.807, 2.05) is 23.3 Å². The van der Waals surface area contributed by atoms with Gasteiger partial charge in [-0.1, -0.05) is 30.1 Å². The minimum Gasteiger partial charge on any atom is -0.454 e. The van der Waals surface area contributed by atoms with Gasteiger partial charge in [0.25, 0.3) is 11.8 Å². The minimum absolute atomic E-state index is 0.0927. The summed E-state index contributed by atoms with van der Waals surface area (Å²) in [7, 11) is 0. The zero-order valence-corrected chi connectivity index (χ0v) is 21.6. The molecule has 180 valence electrons. The first-order valence-corrected chi connectivity index (χ1v) is 12.6. The van der Waals surface area contributed by atoms with E-state index in [0.717, 1.165) is 30.2 Å². The van der Waals surface area contributed by atoms with Gasteiger partial charge < -0.3 is 18.8 Å². The van der Waals surface area contributed by atoms with Crippen molar-refractivity contribution >= 4 is 46.4 Å². The molecule has 0 atom stereocenters. The Morgan fingerprint density at radius 3 is 2.47 bits per heavy atom. The van der Waals surface area contributed by atoms with E-state index in [1.165, 1.54) is 17.4 Å². The molecular weight excluding hydrogens is 495 g/mol. The summed E-state index contributed by atoms with van der Waals surface area (Å²) < 4.78 is 7.83. The summed E-state index contributed by atoms with van der Waals surface area (Å²) in [6, 6.07) is 8.21. The van der Waals surface area contributed by atoms with E-state index in [1.54, 1.807) is 24.3 Å². The van der Waals surface area contributed by atoms with Crippen molar-refractivity contribution in [1.82, 2.24) is 14.4 Å². The monoisotopic (exact) mass is 520 g/mol. The fourth-order valence-corrected chi connectivity index (χ4v) is 5.08. The van der Waals surface area contributed by atoms with Crippen molar-refractivity contribution in [1.29, 1.82) is 0 Å². The van der Waals surface area contributed by atoms with Gasteiger partial charge in [-0.15, -0.1) is 11.3 Å². The SMILES string of the molecule is CCN1CCN(C(=O)c2ccc(Cn3c(C)c(C)sc3=NC(=O)c3ccc(Cl)c(Cl)c3)o2)CC1. The second kappa shape index (κ2) is 10.5. The molecule has 4 rings (SSSR count). The van der Waals surface area contributed by atoms with Crippen LogP contribution in [-0.2, 0) is 6.54 Å². The molecule has 2 aromatic heterocycles. The van der Waals surface area contributed by atoms with E-state index in [2.05, 4.69) is 16.8 Å². The number of aromatic nitrogens is 1. The van der Waals surface area contributed by atoms with Crippen molar-refractivity contribution in [2.24, 2.45) is 4.99 Å². The number of carbonyl (C=O) groups is 2. The first-order chi connectivity index (χ1) is 16.3. The van der Waals surface area contributed by atoms with E-state index in [4.69, 9.17) is 27.6 Å². The molecule has 0 aliphatic carbocycles. The van der Waals surface area contributed by atoms with Crippen molar-refractivity contribution in [3.05, 3.63) is 72.8 Å². The molecule has 2 amide bonds. The predicted octanol–water partition coefficient (Wildman–Crippen LogP) is 4.63. The standard InChI is InChI=1S/C24H26Cl2N4O3S/c1-4-28-9-11-29(12-10-28)23(32)21-8-6-18(33-21)14-30-15(2)16(3)34-24(30)27-22(31)17-5-7-19(25)20(26)13-17/h5-8,13H,4,9-12,14H2,1-3H3. The smallest absolute Gasteiger partial charge is 0.289 e. The number of likely N-dealkylation sites (N-methyl/N-ethyl adjacent to an activating group) is 1. The van der Waals surface area contributed by atoms with Gasteiger partial charge in [-0.2, -0.15) is 4.99 Å². The minimum atomic E-state index is -0.407. The third-order valence-corrected chi connectivity index (χ3v) is 7.88. The quantitative estimate of drug-likeness (QED) is 0.491. The van der Waals surface area contributed by atoms with Gasteiger partial charge in [0, 0.05) is 42.3 Å². The molecule has 1 saturated heterocycles. The predicted molar refractivity (Wildman–Crippen MR) is 134 cm³/mol. The maximum Gasteiger partial charge on any atom is 0.289 e. The lowest BCUT2D eigenvalue weighted by atomic mass is 10.2. The Hall–Kier alpha value is -2.39. The van der Waals surface area contributed by atoms with Crippen LogP contribution in [0.2, 0.25) is 10.0 Å². The van der Waals surface area contributed by atoms with Crippen LogP contribution in [0.25, 0.3) is 0 Å². The van der Waals surface area contributed by atoms with Gasteiger partial charge in [-0.25, -0.2) is 0 Å². The van der Waals surface area contributed by atoms with E-state index in [9.17, 15) is 9.59 Å². The van der Waals surface area contributed by atoms with Crippen molar-refractivity contribution in [2.45, 2.75) is 27.3 Å². The first-order valence-electron chi connectivity index (χ1n) is 11.1. The number of amides is 2. The summed E-state index contributed by atoms with van der Waals surface area (Å²) in [6.07, 6.45) is 0. The number of piperazine rings is 1. The summed E-state index contributed by atoms with van der Waals surface area (Å²) in [5.41, 5.74) is 1.34. The summed E-state index contributed by atoms with van der Waals surface area (Å²) in [6.45, 7) is 10.6. The van der Waals surface area contributed by atoms with E-state index in [0.29, 0.717) is 51.6 Å². The average Bonchev–Trinajstić information content (AvgIpc) is 3.41. The zero-order chi connectivity index (χ0) is 24.4. The molecule has 0 N–H and O–H groups in total. The highest BCUT2D eigenvalue weighted by atomic mass is 35.5. The largest absolute Gasteiger partial charge is 0.454 e.